The second kappa shape index (κ2) is 8.97. The van der Waals surface area contributed by atoms with Gasteiger partial charge in [0.1, 0.15) is 11.6 Å². The van der Waals surface area contributed by atoms with E-state index < -0.39 is 15.8 Å². The first-order chi connectivity index (χ1) is 11.9. The van der Waals surface area contributed by atoms with Gasteiger partial charge in [0.15, 0.2) is 0 Å². The third kappa shape index (κ3) is 5.54. The van der Waals surface area contributed by atoms with Crippen LogP contribution >= 0.6 is 0 Å². The maximum atomic E-state index is 13.1. The molecule has 2 aromatic rings. The molecule has 0 bridgehead atoms. The number of sulfonamides is 1. The van der Waals surface area contributed by atoms with Crippen molar-refractivity contribution in [1.29, 1.82) is 0 Å². The fraction of sp³-hybridized carbons (Fsp3) is 0.368. The van der Waals surface area contributed by atoms with E-state index in [-0.39, 0.29) is 4.90 Å². The van der Waals surface area contributed by atoms with Crippen molar-refractivity contribution in [3.05, 3.63) is 59.4 Å². The molecule has 0 atom stereocenters. The fourth-order valence-electron chi connectivity index (χ4n) is 2.54. The first-order valence-electron chi connectivity index (χ1n) is 8.40. The normalized spacial score (nSPS) is 11.5. The molecule has 2 aromatic carbocycles. The summed E-state index contributed by atoms with van der Waals surface area (Å²) >= 11 is 0. The molecule has 6 heteroatoms. The molecule has 0 aliphatic heterocycles. The molecular weight excluding hydrogens is 341 g/mol. The zero-order valence-electron chi connectivity index (χ0n) is 14.6. The Hall–Kier alpha value is -1.92. The van der Waals surface area contributed by atoms with Crippen molar-refractivity contribution in [2.75, 3.05) is 13.2 Å². The lowest BCUT2D eigenvalue weighted by Crippen LogP contribution is -2.25. The molecule has 0 spiro atoms. The predicted molar refractivity (Wildman–Crippen MR) is 96.9 cm³/mol. The summed E-state index contributed by atoms with van der Waals surface area (Å²) in [4.78, 5) is 0.112. The van der Waals surface area contributed by atoms with Crippen LogP contribution < -0.4 is 9.46 Å². The minimum atomic E-state index is -3.63. The van der Waals surface area contributed by atoms with Crippen LogP contribution in [-0.4, -0.2) is 21.6 Å². The largest absolute Gasteiger partial charge is 0.493 e. The van der Waals surface area contributed by atoms with Gasteiger partial charge in [-0.3, -0.25) is 0 Å². The highest BCUT2D eigenvalue weighted by atomic mass is 32.2. The summed E-state index contributed by atoms with van der Waals surface area (Å²) in [6.07, 6.45) is 2.29. The van der Waals surface area contributed by atoms with Crippen LogP contribution in [0.15, 0.2) is 47.4 Å². The molecule has 0 aromatic heterocycles. The highest BCUT2D eigenvalue weighted by Gasteiger charge is 2.16. The van der Waals surface area contributed by atoms with Crippen LogP contribution in [-0.2, 0) is 16.4 Å². The molecular formula is C19H24FNO3S. The Bertz CT molecular complexity index is 806. The maximum Gasteiger partial charge on any atom is 0.240 e. The minimum Gasteiger partial charge on any atom is -0.493 e. The first kappa shape index (κ1) is 19.4. The van der Waals surface area contributed by atoms with E-state index in [1.54, 1.807) is 6.92 Å². The number of hydrogen-bond donors (Lipinski definition) is 1. The second-order valence-electron chi connectivity index (χ2n) is 5.87. The van der Waals surface area contributed by atoms with Crippen LogP contribution in [0.1, 0.15) is 30.9 Å². The number of ether oxygens (including phenoxy) is 1. The van der Waals surface area contributed by atoms with Crippen molar-refractivity contribution in [3.8, 4) is 5.75 Å². The molecule has 0 fully saturated rings. The summed E-state index contributed by atoms with van der Waals surface area (Å²) in [6, 6.07) is 11.5. The number of para-hydroxylation sites is 1. The third-order valence-electron chi connectivity index (χ3n) is 3.78. The van der Waals surface area contributed by atoms with Gasteiger partial charge in [0, 0.05) is 6.54 Å². The molecule has 0 aliphatic carbocycles. The van der Waals surface area contributed by atoms with Crippen LogP contribution in [0.5, 0.6) is 5.75 Å². The summed E-state index contributed by atoms with van der Waals surface area (Å²) in [5.74, 6) is 0.404. The molecule has 0 unspecified atom stereocenters. The molecule has 0 amide bonds. The Morgan fingerprint density at radius 1 is 1.16 bits per heavy atom. The molecule has 136 valence electrons. The molecule has 0 saturated carbocycles. The topological polar surface area (TPSA) is 55.4 Å². The molecule has 0 aliphatic rings. The van der Waals surface area contributed by atoms with Gasteiger partial charge in [0.2, 0.25) is 10.0 Å². The standard InChI is InChI=1S/C19H24FNO3S/c1-3-13-24-18-9-5-4-7-16(18)8-6-12-21-25(22,23)19-11-10-17(20)14-15(19)2/h4-5,7,9-11,14,21H,3,6,8,12-13H2,1-2H3. The molecule has 0 saturated heterocycles. The van der Waals surface area contributed by atoms with E-state index in [9.17, 15) is 12.8 Å². The van der Waals surface area contributed by atoms with Gasteiger partial charge in [0.25, 0.3) is 0 Å². The van der Waals surface area contributed by atoms with E-state index in [2.05, 4.69) is 11.6 Å². The van der Waals surface area contributed by atoms with Crippen molar-refractivity contribution in [1.82, 2.24) is 4.72 Å². The van der Waals surface area contributed by atoms with Crippen LogP contribution in [0.2, 0.25) is 0 Å². The lowest BCUT2D eigenvalue weighted by molar-refractivity contribution is 0.314. The number of benzene rings is 2. The van der Waals surface area contributed by atoms with Gasteiger partial charge >= 0.3 is 0 Å². The van der Waals surface area contributed by atoms with E-state index in [0.29, 0.717) is 31.6 Å². The number of halogens is 1. The Kier molecular flexibility index (Phi) is 6.96. The molecule has 25 heavy (non-hydrogen) atoms. The molecule has 4 nitrogen and oxygen atoms in total. The monoisotopic (exact) mass is 365 g/mol. The Labute approximate surface area is 149 Å². The van der Waals surface area contributed by atoms with E-state index >= 15 is 0 Å². The van der Waals surface area contributed by atoms with Gasteiger partial charge in [0.05, 0.1) is 11.5 Å². The van der Waals surface area contributed by atoms with E-state index in [1.165, 1.54) is 12.1 Å². The minimum absolute atomic E-state index is 0.112. The third-order valence-corrected chi connectivity index (χ3v) is 5.40. The highest BCUT2D eigenvalue weighted by Crippen LogP contribution is 2.20. The highest BCUT2D eigenvalue weighted by molar-refractivity contribution is 7.89. The van der Waals surface area contributed by atoms with Crippen molar-refractivity contribution in [2.24, 2.45) is 0 Å². The summed E-state index contributed by atoms with van der Waals surface area (Å²) in [5, 5.41) is 0. The number of nitrogens with one attached hydrogen (secondary N) is 1. The molecule has 0 heterocycles. The van der Waals surface area contributed by atoms with Crippen LogP contribution in [0.3, 0.4) is 0 Å². The Balaban J connectivity index is 1.92. The molecule has 1 N–H and O–H groups in total. The molecule has 2 rings (SSSR count). The van der Waals surface area contributed by atoms with E-state index in [0.717, 1.165) is 23.8 Å². The summed E-state index contributed by atoms with van der Waals surface area (Å²) in [5.41, 5.74) is 1.46. The average Bonchev–Trinajstić information content (AvgIpc) is 2.57. The van der Waals surface area contributed by atoms with Gasteiger partial charge in [-0.1, -0.05) is 25.1 Å². The second-order valence-corrected chi connectivity index (χ2v) is 7.60. The van der Waals surface area contributed by atoms with Gasteiger partial charge in [-0.2, -0.15) is 0 Å². The zero-order valence-corrected chi connectivity index (χ0v) is 15.4. The summed E-state index contributed by atoms with van der Waals surface area (Å²) < 4.78 is 46.1. The van der Waals surface area contributed by atoms with Crippen LogP contribution in [0.4, 0.5) is 4.39 Å². The smallest absolute Gasteiger partial charge is 0.240 e. The summed E-state index contributed by atoms with van der Waals surface area (Å²) in [7, 11) is -3.63. The van der Waals surface area contributed by atoms with E-state index in [4.69, 9.17) is 4.74 Å². The predicted octanol–water partition coefficient (Wildman–Crippen LogP) is 3.83. The number of aryl methyl sites for hydroxylation is 2. The van der Waals surface area contributed by atoms with Crippen molar-refractivity contribution in [2.45, 2.75) is 38.0 Å². The summed E-state index contributed by atoms with van der Waals surface area (Å²) in [6.45, 7) is 4.60. The van der Waals surface area contributed by atoms with Crippen molar-refractivity contribution in [3.63, 3.8) is 0 Å². The fourth-order valence-corrected chi connectivity index (χ4v) is 3.84. The Morgan fingerprint density at radius 3 is 2.64 bits per heavy atom. The number of rotatable bonds is 9. The number of hydrogen-bond acceptors (Lipinski definition) is 3. The van der Waals surface area contributed by atoms with Crippen LogP contribution in [0, 0.1) is 12.7 Å². The maximum absolute atomic E-state index is 13.1. The first-order valence-corrected chi connectivity index (χ1v) is 9.89. The SMILES string of the molecule is CCCOc1ccccc1CCCNS(=O)(=O)c1ccc(F)cc1C. The lowest BCUT2D eigenvalue weighted by atomic mass is 10.1. The Morgan fingerprint density at radius 2 is 1.92 bits per heavy atom. The van der Waals surface area contributed by atoms with Gasteiger partial charge in [-0.25, -0.2) is 17.5 Å². The van der Waals surface area contributed by atoms with Crippen molar-refractivity contribution < 1.29 is 17.5 Å². The van der Waals surface area contributed by atoms with Gasteiger partial charge in [-0.15, -0.1) is 0 Å². The van der Waals surface area contributed by atoms with Gasteiger partial charge < -0.3 is 4.74 Å². The van der Waals surface area contributed by atoms with Gasteiger partial charge in [-0.05, 0) is 61.6 Å². The lowest BCUT2D eigenvalue weighted by Gasteiger charge is -2.12. The quantitative estimate of drug-likeness (QED) is 0.687. The zero-order chi connectivity index (χ0) is 18.3. The average molecular weight is 365 g/mol. The van der Waals surface area contributed by atoms with Crippen molar-refractivity contribution >= 4 is 10.0 Å². The van der Waals surface area contributed by atoms with Crippen LogP contribution in [0.25, 0.3) is 0 Å². The molecule has 0 radical (unpaired) electrons. The van der Waals surface area contributed by atoms with E-state index in [1.807, 2.05) is 24.3 Å².